The SMILES string of the molecule is CNC1(Cc2c(Br)cncc2OC)CC1. The number of pyridine rings is 1. The molecule has 82 valence electrons. The van der Waals surface area contributed by atoms with Gasteiger partial charge in [0, 0.05) is 21.8 Å². The molecular formula is C11H15BrN2O. The maximum absolute atomic E-state index is 5.32. The van der Waals surface area contributed by atoms with E-state index in [0.29, 0.717) is 0 Å². The third kappa shape index (κ3) is 2.16. The highest BCUT2D eigenvalue weighted by Gasteiger charge is 2.41. The molecule has 1 aromatic heterocycles. The minimum atomic E-state index is 0.289. The second-order valence-electron chi connectivity index (χ2n) is 4.01. The number of halogens is 1. The van der Waals surface area contributed by atoms with E-state index >= 15 is 0 Å². The molecule has 0 spiro atoms. The summed E-state index contributed by atoms with van der Waals surface area (Å²) in [5.41, 5.74) is 1.50. The standard InChI is InChI=1S/C11H15BrN2O/c1-13-11(3-4-11)5-8-9(12)6-14-7-10(8)15-2/h6-7,13H,3-5H2,1-2H3. The van der Waals surface area contributed by atoms with Crippen molar-refractivity contribution < 1.29 is 4.74 Å². The smallest absolute Gasteiger partial charge is 0.141 e. The lowest BCUT2D eigenvalue weighted by Gasteiger charge is -2.17. The molecular weight excluding hydrogens is 256 g/mol. The van der Waals surface area contributed by atoms with Crippen molar-refractivity contribution >= 4 is 15.9 Å². The fourth-order valence-electron chi connectivity index (χ4n) is 1.80. The normalized spacial score (nSPS) is 17.5. The van der Waals surface area contributed by atoms with E-state index in [1.807, 2.05) is 13.2 Å². The molecule has 4 heteroatoms. The number of aromatic nitrogens is 1. The van der Waals surface area contributed by atoms with E-state index < -0.39 is 0 Å². The second kappa shape index (κ2) is 4.10. The van der Waals surface area contributed by atoms with Crippen LogP contribution in [0.1, 0.15) is 18.4 Å². The first-order valence-electron chi connectivity index (χ1n) is 5.06. The Labute approximate surface area is 98.4 Å². The molecule has 0 amide bonds. The van der Waals surface area contributed by atoms with E-state index in [1.54, 1.807) is 13.3 Å². The van der Waals surface area contributed by atoms with Crippen LogP contribution >= 0.6 is 15.9 Å². The van der Waals surface area contributed by atoms with Gasteiger partial charge in [-0.3, -0.25) is 4.98 Å². The molecule has 0 unspecified atom stereocenters. The van der Waals surface area contributed by atoms with Gasteiger partial charge in [0.15, 0.2) is 0 Å². The number of hydrogen-bond donors (Lipinski definition) is 1. The van der Waals surface area contributed by atoms with Crippen LogP contribution in [-0.4, -0.2) is 24.7 Å². The lowest BCUT2D eigenvalue weighted by molar-refractivity contribution is 0.402. The van der Waals surface area contributed by atoms with Crippen LogP contribution in [-0.2, 0) is 6.42 Å². The van der Waals surface area contributed by atoms with Crippen LogP contribution in [0, 0.1) is 0 Å². The van der Waals surface area contributed by atoms with Gasteiger partial charge < -0.3 is 10.1 Å². The molecule has 1 N–H and O–H groups in total. The van der Waals surface area contributed by atoms with Crippen LogP contribution in [0.5, 0.6) is 5.75 Å². The largest absolute Gasteiger partial charge is 0.495 e. The molecule has 0 aromatic carbocycles. The molecule has 1 aliphatic rings. The van der Waals surface area contributed by atoms with Crippen molar-refractivity contribution in [1.29, 1.82) is 0 Å². The van der Waals surface area contributed by atoms with Crippen molar-refractivity contribution in [3.63, 3.8) is 0 Å². The Hall–Kier alpha value is -0.610. The molecule has 0 bridgehead atoms. The van der Waals surface area contributed by atoms with Crippen LogP contribution in [0.4, 0.5) is 0 Å². The summed E-state index contributed by atoms with van der Waals surface area (Å²) < 4.78 is 6.35. The van der Waals surface area contributed by atoms with Crippen LogP contribution in [0.3, 0.4) is 0 Å². The van der Waals surface area contributed by atoms with Gasteiger partial charge in [0.1, 0.15) is 5.75 Å². The molecule has 0 saturated heterocycles. The predicted molar refractivity (Wildman–Crippen MR) is 63.2 cm³/mol. The van der Waals surface area contributed by atoms with Gasteiger partial charge in [0.05, 0.1) is 13.3 Å². The van der Waals surface area contributed by atoms with Crippen LogP contribution in [0.15, 0.2) is 16.9 Å². The Kier molecular flexibility index (Phi) is 2.98. The fourth-order valence-corrected chi connectivity index (χ4v) is 2.25. The van der Waals surface area contributed by atoms with Crippen molar-refractivity contribution in [2.45, 2.75) is 24.8 Å². The first kappa shape index (κ1) is 10.9. The van der Waals surface area contributed by atoms with Gasteiger partial charge in [-0.05, 0) is 42.2 Å². The summed E-state index contributed by atoms with van der Waals surface area (Å²) in [7, 11) is 3.71. The minimum absolute atomic E-state index is 0.289. The molecule has 1 fully saturated rings. The Morgan fingerprint density at radius 2 is 2.27 bits per heavy atom. The van der Waals surface area contributed by atoms with Crippen LogP contribution < -0.4 is 10.1 Å². The maximum atomic E-state index is 5.32. The number of likely N-dealkylation sites (N-methyl/N-ethyl adjacent to an activating group) is 1. The first-order valence-corrected chi connectivity index (χ1v) is 5.85. The molecule has 3 nitrogen and oxygen atoms in total. The van der Waals surface area contributed by atoms with Crippen molar-refractivity contribution in [2.24, 2.45) is 0 Å². The maximum Gasteiger partial charge on any atom is 0.141 e. The van der Waals surface area contributed by atoms with E-state index in [-0.39, 0.29) is 5.54 Å². The molecule has 1 saturated carbocycles. The number of nitrogens with one attached hydrogen (secondary N) is 1. The summed E-state index contributed by atoms with van der Waals surface area (Å²) >= 11 is 3.53. The van der Waals surface area contributed by atoms with Gasteiger partial charge in [-0.2, -0.15) is 0 Å². The Bertz CT molecular complexity index is 364. The van der Waals surface area contributed by atoms with Gasteiger partial charge in [0.2, 0.25) is 0 Å². The molecule has 0 aliphatic heterocycles. The van der Waals surface area contributed by atoms with Gasteiger partial charge in [-0.25, -0.2) is 0 Å². The summed E-state index contributed by atoms with van der Waals surface area (Å²) in [4.78, 5) is 4.10. The van der Waals surface area contributed by atoms with Crippen LogP contribution in [0.2, 0.25) is 0 Å². The van der Waals surface area contributed by atoms with Gasteiger partial charge >= 0.3 is 0 Å². The Balaban J connectivity index is 2.26. The zero-order valence-electron chi connectivity index (χ0n) is 9.01. The predicted octanol–water partition coefficient (Wildman–Crippen LogP) is 2.15. The summed E-state index contributed by atoms with van der Waals surface area (Å²) in [6.45, 7) is 0. The van der Waals surface area contributed by atoms with Crippen LogP contribution in [0.25, 0.3) is 0 Å². The highest BCUT2D eigenvalue weighted by Crippen LogP contribution is 2.41. The van der Waals surface area contributed by atoms with E-state index in [1.165, 1.54) is 18.4 Å². The molecule has 1 aromatic rings. The summed E-state index contributed by atoms with van der Waals surface area (Å²) in [5, 5.41) is 3.38. The van der Waals surface area contributed by atoms with Crippen molar-refractivity contribution in [1.82, 2.24) is 10.3 Å². The second-order valence-corrected chi connectivity index (χ2v) is 4.86. The minimum Gasteiger partial charge on any atom is -0.495 e. The highest BCUT2D eigenvalue weighted by atomic mass is 79.9. The summed E-state index contributed by atoms with van der Waals surface area (Å²) in [5.74, 6) is 0.867. The average Bonchev–Trinajstić information content (AvgIpc) is 3.02. The lowest BCUT2D eigenvalue weighted by Crippen LogP contribution is -2.29. The average molecular weight is 271 g/mol. The number of nitrogens with zero attached hydrogens (tertiary/aromatic N) is 1. The molecule has 1 heterocycles. The van der Waals surface area contributed by atoms with E-state index in [9.17, 15) is 0 Å². The molecule has 2 rings (SSSR count). The highest BCUT2D eigenvalue weighted by molar-refractivity contribution is 9.10. The van der Waals surface area contributed by atoms with Crippen molar-refractivity contribution in [3.8, 4) is 5.75 Å². The topological polar surface area (TPSA) is 34.2 Å². The lowest BCUT2D eigenvalue weighted by atomic mass is 10.0. The Morgan fingerprint density at radius 1 is 1.53 bits per heavy atom. The number of hydrogen-bond acceptors (Lipinski definition) is 3. The van der Waals surface area contributed by atoms with Gasteiger partial charge in [0.25, 0.3) is 0 Å². The number of rotatable bonds is 4. The van der Waals surface area contributed by atoms with E-state index in [0.717, 1.165) is 16.6 Å². The first-order chi connectivity index (χ1) is 7.21. The zero-order valence-corrected chi connectivity index (χ0v) is 10.6. The van der Waals surface area contributed by atoms with E-state index in [4.69, 9.17) is 4.74 Å². The number of methoxy groups -OCH3 is 1. The third-order valence-electron chi connectivity index (χ3n) is 3.08. The number of ether oxygens (including phenoxy) is 1. The summed E-state index contributed by atoms with van der Waals surface area (Å²) in [6, 6.07) is 0. The van der Waals surface area contributed by atoms with Crippen molar-refractivity contribution in [3.05, 3.63) is 22.4 Å². The molecule has 15 heavy (non-hydrogen) atoms. The van der Waals surface area contributed by atoms with E-state index in [2.05, 4.69) is 26.2 Å². The molecule has 0 atom stereocenters. The zero-order chi connectivity index (χ0) is 10.9. The molecule has 0 radical (unpaired) electrons. The Morgan fingerprint density at radius 3 is 2.80 bits per heavy atom. The quantitative estimate of drug-likeness (QED) is 0.911. The fraction of sp³-hybridized carbons (Fsp3) is 0.545. The van der Waals surface area contributed by atoms with Gasteiger partial charge in [-0.1, -0.05) is 0 Å². The third-order valence-corrected chi connectivity index (χ3v) is 3.77. The summed E-state index contributed by atoms with van der Waals surface area (Å²) in [6.07, 6.45) is 7.06. The monoisotopic (exact) mass is 270 g/mol. The molecule has 1 aliphatic carbocycles. The van der Waals surface area contributed by atoms with Crippen molar-refractivity contribution in [2.75, 3.05) is 14.2 Å². The van der Waals surface area contributed by atoms with Gasteiger partial charge in [-0.15, -0.1) is 0 Å².